The quantitative estimate of drug-likeness (QED) is 0.752. The molecule has 0 aliphatic heterocycles. The van der Waals surface area contributed by atoms with E-state index in [4.69, 9.17) is 0 Å². The van der Waals surface area contributed by atoms with Crippen LogP contribution in [-0.4, -0.2) is 22.3 Å². The van der Waals surface area contributed by atoms with Gasteiger partial charge in [0.15, 0.2) is 0 Å². The lowest BCUT2D eigenvalue weighted by atomic mass is 9.76. The molecular formula is C21H28N4O. The first-order chi connectivity index (χ1) is 12.5. The van der Waals surface area contributed by atoms with Gasteiger partial charge in [0.25, 0.3) is 0 Å². The Labute approximate surface area is 155 Å². The molecule has 3 N–H and O–H groups in total. The van der Waals surface area contributed by atoms with Crippen LogP contribution in [0.2, 0.25) is 0 Å². The standard InChI is InChI=1S/C21H28N4O/c1-21(2)11-10-17-18(13-21)24-25-19(17)14-6-5-9-16(12-14)23-20(26)22-15-7-3-4-8-15/h5-6,9,12,15H,3-4,7-8,10-11,13H2,1-2H3,(H,24,25)(H2,22,23,26). The van der Waals surface area contributed by atoms with Gasteiger partial charge in [-0.1, -0.05) is 38.8 Å². The van der Waals surface area contributed by atoms with E-state index in [1.807, 2.05) is 18.2 Å². The number of fused-ring (bicyclic) bond motifs is 1. The normalized spacial score (nSPS) is 19.2. The lowest BCUT2D eigenvalue weighted by molar-refractivity contribution is 0.248. The Bertz CT molecular complexity index is 802. The van der Waals surface area contributed by atoms with Gasteiger partial charge in [0.1, 0.15) is 0 Å². The molecule has 2 amide bonds. The summed E-state index contributed by atoms with van der Waals surface area (Å²) >= 11 is 0. The Hall–Kier alpha value is -2.30. The van der Waals surface area contributed by atoms with Crippen LogP contribution >= 0.6 is 0 Å². The molecule has 1 aromatic heterocycles. The summed E-state index contributed by atoms with van der Waals surface area (Å²) in [4.78, 5) is 12.2. The van der Waals surface area contributed by atoms with E-state index in [1.165, 1.54) is 30.5 Å². The van der Waals surface area contributed by atoms with Crippen molar-refractivity contribution in [2.45, 2.75) is 64.8 Å². The number of aromatic amines is 1. The van der Waals surface area contributed by atoms with Crippen LogP contribution in [0.1, 0.15) is 57.2 Å². The number of urea groups is 1. The molecule has 138 valence electrons. The number of rotatable bonds is 3. The highest BCUT2D eigenvalue weighted by Gasteiger charge is 2.29. The molecule has 0 atom stereocenters. The van der Waals surface area contributed by atoms with Gasteiger partial charge in [-0.15, -0.1) is 0 Å². The van der Waals surface area contributed by atoms with Crippen molar-refractivity contribution >= 4 is 11.7 Å². The molecule has 0 radical (unpaired) electrons. The average Bonchev–Trinajstić information content (AvgIpc) is 3.23. The zero-order chi connectivity index (χ0) is 18.1. The maximum Gasteiger partial charge on any atom is 0.319 e. The molecule has 0 spiro atoms. The number of carbonyl (C=O) groups is 1. The lowest BCUT2D eigenvalue weighted by Crippen LogP contribution is -2.36. The first-order valence-corrected chi connectivity index (χ1v) is 9.74. The second-order valence-corrected chi connectivity index (χ2v) is 8.53. The average molecular weight is 352 g/mol. The van der Waals surface area contributed by atoms with Crippen molar-refractivity contribution in [1.29, 1.82) is 0 Å². The van der Waals surface area contributed by atoms with E-state index >= 15 is 0 Å². The summed E-state index contributed by atoms with van der Waals surface area (Å²) in [6, 6.07) is 8.20. The number of hydrogen-bond acceptors (Lipinski definition) is 2. The molecule has 1 heterocycles. The van der Waals surface area contributed by atoms with Crippen LogP contribution in [-0.2, 0) is 12.8 Å². The molecule has 1 fully saturated rings. The van der Waals surface area contributed by atoms with Crippen molar-refractivity contribution < 1.29 is 4.79 Å². The predicted molar refractivity (Wildman–Crippen MR) is 104 cm³/mol. The fourth-order valence-corrected chi connectivity index (χ4v) is 4.25. The van der Waals surface area contributed by atoms with Gasteiger partial charge in [0.05, 0.1) is 5.69 Å². The summed E-state index contributed by atoms with van der Waals surface area (Å²) in [5.41, 5.74) is 5.81. The lowest BCUT2D eigenvalue weighted by Gasteiger charge is -2.29. The molecule has 1 saturated carbocycles. The van der Waals surface area contributed by atoms with Crippen LogP contribution in [0.25, 0.3) is 11.3 Å². The summed E-state index contributed by atoms with van der Waals surface area (Å²) in [5.74, 6) is 0. The number of benzene rings is 1. The minimum atomic E-state index is -0.111. The molecule has 26 heavy (non-hydrogen) atoms. The third kappa shape index (κ3) is 3.62. The molecule has 4 rings (SSSR count). The minimum absolute atomic E-state index is 0.111. The van der Waals surface area contributed by atoms with Crippen molar-refractivity contribution in [1.82, 2.24) is 15.5 Å². The van der Waals surface area contributed by atoms with Gasteiger partial charge < -0.3 is 10.6 Å². The van der Waals surface area contributed by atoms with E-state index in [-0.39, 0.29) is 6.03 Å². The van der Waals surface area contributed by atoms with E-state index in [1.54, 1.807) is 0 Å². The largest absolute Gasteiger partial charge is 0.335 e. The molecule has 1 aromatic carbocycles. The van der Waals surface area contributed by atoms with Gasteiger partial charge in [-0.2, -0.15) is 5.10 Å². The van der Waals surface area contributed by atoms with Crippen molar-refractivity contribution in [3.8, 4) is 11.3 Å². The summed E-state index contributed by atoms with van der Waals surface area (Å²) in [6.07, 6.45) is 7.86. The molecule has 2 aromatic rings. The van der Waals surface area contributed by atoms with Crippen LogP contribution in [0.3, 0.4) is 0 Å². The zero-order valence-electron chi connectivity index (χ0n) is 15.7. The molecule has 0 bridgehead atoms. The van der Waals surface area contributed by atoms with Crippen LogP contribution in [0.15, 0.2) is 24.3 Å². The topological polar surface area (TPSA) is 69.8 Å². The van der Waals surface area contributed by atoms with Crippen LogP contribution < -0.4 is 10.6 Å². The molecule has 2 aliphatic rings. The Morgan fingerprint density at radius 3 is 2.88 bits per heavy atom. The van der Waals surface area contributed by atoms with Gasteiger partial charge in [-0.05, 0) is 49.7 Å². The zero-order valence-corrected chi connectivity index (χ0v) is 15.7. The molecule has 0 saturated heterocycles. The Kier molecular flexibility index (Phi) is 4.47. The molecule has 5 heteroatoms. The third-order valence-corrected chi connectivity index (χ3v) is 5.74. The molecule has 0 unspecified atom stereocenters. The number of carbonyl (C=O) groups excluding carboxylic acids is 1. The van der Waals surface area contributed by atoms with Crippen LogP contribution in [0.4, 0.5) is 10.5 Å². The van der Waals surface area contributed by atoms with Gasteiger partial charge in [-0.25, -0.2) is 4.79 Å². The summed E-state index contributed by atoms with van der Waals surface area (Å²) in [7, 11) is 0. The number of anilines is 1. The Morgan fingerprint density at radius 1 is 1.27 bits per heavy atom. The Balaban J connectivity index is 1.50. The van der Waals surface area contributed by atoms with Gasteiger partial charge in [0, 0.05) is 28.6 Å². The first-order valence-electron chi connectivity index (χ1n) is 9.74. The predicted octanol–water partition coefficient (Wildman–Crippen LogP) is 4.66. The van der Waals surface area contributed by atoms with Crippen molar-refractivity contribution in [3.05, 3.63) is 35.5 Å². The minimum Gasteiger partial charge on any atom is -0.335 e. The fraction of sp³-hybridized carbons (Fsp3) is 0.524. The van der Waals surface area contributed by atoms with Crippen molar-refractivity contribution in [3.63, 3.8) is 0 Å². The number of nitrogens with one attached hydrogen (secondary N) is 3. The van der Waals surface area contributed by atoms with E-state index in [2.05, 4.69) is 40.7 Å². The van der Waals surface area contributed by atoms with Crippen LogP contribution in [0.5, 0.6) is 0 Å². The van der Waals surface area contributed by atoms with E-state index in [9.17, 15) is 4.79 Å². The molecule has 5 nitrogen and oxygen atoms in total. The van der Waals surface area contributed by atoms with Crippen LogP contribution in [0, 0.1) is 5.41 Å². The maximum atomic E-state index is 12.2. The van der Waals surface area contributed by atoms with Crippen molar-refractivity contribution in [2.24, 2.45) is 5.41 Å². The monoisotopic (exact) mass is 352 g/mol. The Morgan fingerprint density at radius 2 is 2.08 bits per heavy atom. The van der Waals surface area contributed by atoms with E-state index < -0.39 is 0 Å². The van der Waals surface area contributed by atoms with Gasteiger partial charge in [-0.3, -0.25) is 5.10 Å². The SMILES string of the molecule is CC1(C)CCc2c(-c3cccc(NC(=O)NC4CCCC4)c3)n[nH]c2C1. The smallest absolute Gasteiger partial charge is 0.319 e. The summed E-state index contributed by atoms with van der Waals surface area (Å²) < 4.78 is 0. The number of amides is 2. The van der Waals surface area contributed by atoms with E-state index in [0.29, 0.717) is 11.5 Å². The number of aromatic nitrogens is 2. The van der Waals surface area contributed by atoms with Gasteiger partial charge >= 0.3 is 6.03 Å². The van der Waals surface area contributed by atoms with E-state index in [0.717, 1.165) is 42.6 Å². The highest BCUT2D eigenvalue weighted by molar-refractivity contribution is 5.90. The summed E-state index contributed by atoms with van der Waals surface area (Å²) in [6.45, 7) is 4.62. The second-order valence-electron chi connectivity index (χ2n) is 8.53. The highest BCUT2D eigenvalue weighted by Crippen LogP contribution is 2.38. The maximum absolute atomic E-state index is 12.2. The molecular weight excluding hydrogens is 324 g/mol. The fourth-order valence-electron chi connectivity index (χ4n) is 4.25. The van der Waals surface area contributed by atoms with Gasteiger partial charge in [0.2, 0.25) is 0 Å². The first kappa shape index (κ1) is 17.1. The number of nitrogens with zero attached hydrogens (tertiary/aromatic N) is 1. The second kappa shape index (κ2) is 6.78. The van der Waals surface area contributed by atoms with Crippen molar-refractivity contribution in [2.75, 3.05) is 5.32 Å². The number of H-pyrrole nitrogens is 1. The third-order valence-electron chi connectivity index (χ3n) is 5.74. The number of hydrogen-bond donors (Lipinski definition) is 3. The highest BCUT2D eigenvalue weighted by atomic mass is 16.2. The molecule has 2 aliphatic carbocycles. The summed E-state index contributed by atoms with van der Waals surface area (Å²) in [5, 5.41) is 13.9.